The number of aliphatic carboxylic acids is 3. The zero-order valence-electron chi connectivity index (χ0n) is 18.2. The zero-order chi connectivity index (χ0) is 25.5. The molecule has 0 aromatic heterocycles. The van der Waals surface area contributed by atoms with Gasteiger partial charge in [-0.3, -0.25) is 23.5 Å². The second kappa shape index (κ2) is 18.1. The Labute approximate surface area is 213 Å². The molecule has 33 heavy (non-hydrogen) atoms. The van der Waals surface area contributed by atoms with E-state index in [0.29, 0.717) is 6.42 Å². The Morgan fingerprint density at radius 2 is 1.18 bits per heavy atom. The molecule has 2 unspecified atom stereocenters. The maximum atomic E-state index is 11.4. The molecule has 0 aromatic carbocycles. The van der Waals surface area contributed by atoms with Gasteiger partial charge in [0.25, 0.3) is 20.2 Å². The van der Waals surface area contributed by atoms with Gasteiger partial charge in [0.2, 0.25) is 0 Å². The van der Waals surface area contributed by atoms with Crippen molar-refractivity contribution in [3.05, 3.63) is 0 Å². The van der Waals surface area contributed by atoms with Crippen molar-refractivity contribution in [3.8, 4) is 0 Å². The van der Waals surface area contributed by atoms with E-state index in [0.717, 1.165) is 32.1 Å². The van der Waals surface area contributed by atoms with E-state index in [1.54, 1.807) is 0 Å². The van der Waals surface area contributed by atoms with Crippen molar-refractivity contribution < 1.29 is 94.7 Å². The Hall–Kier alpha value is -1.30. The third-order valence-corrected chi connectivity index (χ3v) is 5.86. The normalized spacial score (nSPS) is 12.8. The van der Waals surface area contributed by atoms with Crippen molar-refractivity contribution in [2.75, 3.05) is 6.61 Å². The van der Waals surface area contributed by atoms with E-state index in [9.17, 15) is 41.1 Å². The quantitative estimate of drug-likeness (QED) is 0.0683. The van der Waals surface area contributed by atoms with Crippen molar-refractivity contribution in [2.45, 2.75) is 68.8 Å². The zero-order valence-corrected chi connectivity index (χ0v) is 21.8. The molecule has 0 aliphatic heterocycles. The Balaban J connectivity index is -0.000000596. The topological polar surface area (TPSA) is 250 Å². The monoisotopic (exact) mass is 530 g/mol. The van der Waals surface area contributed by atoms with Crippen molar-refractivity contribution in [2.24, 2.45) is 0 Å². The summed E-state index contributed by atoms with van der Waals surface area (Å²) in [5, 5.41) is 22.0. The van der Waals surface area contributed by atoms with Gasteiger partial charge in [0.05, 0.1) is 25.4 Å². The third-order valence-electron chi connectivity index (χ3n) is 3.71. The van der Waals surface area contributed by atoms with Gasteiger partial charge < -0.3 is 24.9 Å². The second-order valence-corrected chi connectivity index (χ2v) is 9.66. The van der Waals surface area contributed by atoms with Gasteiger partial charge in [-0.25, -0.2) is 0 Å². The SMILES string of the molecule is CCCCCCCCOC(=O)C(CC(=O)O)S(=O)(=O)O.O=C(O)CC(C(=O)[O-])S(=O)(=O)O.[Na+]. The summed E-state index contributed by atoms with van der Waals surface area (Å²) in [6, 6.07) is 0. The average molecular weight is 531 g/mol. The molecule has 0 bridgehead atoms. The van der Waals surface area contributed by atoms with Crippen LogP contribution in [0.5, 0.6) is 0 Å². The molecule has 0 spiro atoms. The van der Waals surface area contributed by atoms with E-state index in [4.69, 9.17) is 24.1 Å². The molecule has 17 heteroatoms. The van der Waals surface area contributed by atoms with Crippen LogP contribution in [0.15, 0.2) is 0 Å². The first-order valence-corrected chi connectivity index (χ1v) is 12.3. The number of unbranched alkanes of at least 4 members (excludes halogenated alkanes) is 5. The molecule has 14 nitrogen and oxygen atoms in total. The Kier molecular flexibility index (Phi) is 19.9. The molecule has 0 saturated heterocycles. The Morgan fingerprint density at radius 1 is 0.788 bits per heavy atom. The number of carbonyl (C=O) groups is 4. The number of ether oxygens (including phenoxy) is 1. The van der Waals surface area contributed by atoms with Gasteiger partial charge in [-0.05, 0) is 6.42 Å². The second-order valence-electron chi connectivity index (χ2n) is 6.46. The van der Waals surface area contributed by atoms with Crippen molar-refractivity contribution in [1.82, 2.24) is 0 Å². The summed E-state index contributed by atoms with van der Waals surface area (Å²) >= 11 is 0. The minimum Gasteiger partial charge on any atom is -0.549 e. The molecular weight excluding hydrogens is 503 g/mol. The largest absolute Gasteiger partial charge is 1.00 e. The first-order chi connectivity index (χ1) is 14.5. The summed E-state index contributed by atoms with van der Waals surface area (Å²) in [6.07, 6.45) is 3.57. The summed E-state index contributed by atoms with van der Waals surface area (Å²) in [5.41, 5.74) is 0. The predicted octanol–water partition coefficient (Wildman–Crippen LogP) is -3.91. The molecule has 0 radical (unpaired) electrons. The first-order valence-electron chi connectivity index (χ1n) is 9.27. The average Bonchev–Trinajstić information content (AvgIpc) is 2.61. The first kappa shape index (κ1) is 36.3. The smallest absolute Gasteiger partial charge is 0.549 e. The molecule has 0 amide bonds. The molecule has 0 rings (SSSR count). The molecule has 0 saturated carbocycles. The fourth-order valence-corrected chi connectivity index (χ4v) is 3.35. The number of carboxylic acids is 3. The minimum atomic E-state index is -4.90. The summed E-state index contributed by atoms with van der Waals surface area (Å²) in [7, 11) is -9.67. The Bertz CT molecular complexity index is 837. The van der Waals surface area contributed by atoms with Crippen LogP contribution in [0.3, 0.4) is 0 Å². The molecule has 2 atom stereocenters. The summed E-state index contributed by atoms with van der Waals surface area (Å²) in [6.45, 7) is 2.12. The number of esters is 1. The van der Waals surface area contributed by atoms with E-state index in [1.807, 2.05) is 0 Å². The van der Waals surface area contributed by atoms with Gasteiger partial charge in [-0.2, -0.15) is 16.8 Å². The van der Waals surface area contributed by atoms with Crippen LogP contribution >= 0.6 is 0 Å². The van der Waals surface area contributed by atoms with Gasteiger partial charge in [-0.1, -0.05) is 39.0 Å². The van der Waals surface area contributed by atoms with Crippen molar-refractivity contribution >= 4 is 44.1 Å². The molecule has 0 aliphatic carbocycles. The third kappa shape index (κ3) is 19.8. The van der Waals surface area contributed by atoms with E-state index < -0.39 is 67.5 Å². The molecule has 0 aromatic rings. The fourth-order valence-electron chi connectivity index (χ4n) is 2.09. The summed E-state index contributed by atoms with van der Waals surface area (Å²) < 4.78 is 63.9. The number of carboxylic acid groups (broad SMARTS) is 3. The molecule has 188 valence electrons. The van der Waals surface area contributed by atoms with Gasteiger partial charge in [0.1, 0.15) is 5.25 Å². The van der Waals surface area contributed by atoms with Crippen LogP contribution in [-0.2, 0) is 44.2 Å². The van der Waals surface area contributed by atoms with Crippen LogP contribution in [0.25, 0.3) is 0 Å². The Morgan fingerprint density at radius 3 is 1.52 bits per heavy atom. The standard InChI is InChI=1S/C12H22O7S.C4H6O7S.Na/c1-2-3-4-5-6-7-8-19-12(15)10(9-11(13)14)20(16,17)18;5-3(6)1-2(4(7)8)12(9,10)11;/h10H,2-9H2,1H3,(H,13,14)(H,16,17,18);2H,1H2,(H,5,6)(H,7,8)(H,9,10,11);/q;;+1/p-1. The van der Waals surface area contributed by atoms with Crippen LogP contribution < -0.4 is 34.7 Å². The molecule has 0 heterocycles. The maximum absolute atomic E-state index is 11.4. The molecule has 0 fully saturated rings. The van der Waals surface area contributed by atoms with Crippen molar-refractivity contribution in [1.29, 1.82) is 0 Å². The fraction of sp³-hybridized carbons (Fsp3) is 0.750. The van der Waals surface area contributed by atoms with Gasteiger partial charge in [0, 0.05) is 0 Å². The van der Waals surface area contributed by atoms with E-state index in [2.05, 4.69) is 6.92 Å². The minimum absolute atomic E-state index is 0. The van der Waals surface area contributed by atoms with Gasteiger partial charge >= 0.3 is 47.5 Å². The van der Waals surface area contributed by atoms with E-state index in [-0.39, 0.29) is 36.2 Å². The summed E-state index contributed by atoms with van der Waals surface area (Å²) in [5.74, 6) is -6.51. The maximum Gasteiger partial charge on any atom is 1.00 e. The molecule has 4 N–H and O–H groups in total. The predicted molar refractivity (Wildman–Crippen MR) is 105 cm³/mol. The van der Waals surface area contributed by atoms with Crippen LogP contribution in [0.4, 0.5) is 0 Å². The van der Waals surface area contributed by atoms with E-state index in [1.165, 1.54) is 0 Å². The van der Waals surface area contributed by atoms with Crippen LogP contribution in [0.2, 0.25) is 0 Å². The number of hydrogen-bond acceptors (Lipinski definition) is 10. The number of rotatable bonds is 15. The number of carbonyl (C=O) groups excluding carboxylic acids is 2. The van der Waals surface area contributed by atoms with E-state index >= 15 is 0 Å². The summed E-state index contributed by atoms with van der Waals surface area (Å²) in [4.78, 5) is 41.8. The van der Waals surface area contributed by atoms with Gasteiger partial charge in [0.15, 0.2) is 5.25 Å². The van der Waals surface area contributed by atoms with Crippen LogP contribution in [-0.4, -0.2) is 77.1 Å². The van der Waals surface area contributed by atoms with Crippen molar-refractivity contribution in [3.63, 3.8) is 0 Å². The molecular formula is C16H27NaO14S2. The molecule has 0 aliphatic rings. The van der Waals surface area contributed by atoms with Gasteiger partial charge in [-0.15, -0.1) is 0 Å². The van der Waals surface area contributed by atoms with Crippen LogP contribution in [0, 0.1) is 0 Å². The van der Waals surface area contributed by atoms with Crippen LogP contribution in [0.1, 0.15) is 58.3 Å². The number of hydrogen-bond donors (Lipinski definition) is 4.